The Morgan fingerprint density at radius 2 is 2.05 bits per heavy atom. The van der Waals surface area contributed by atoms with E-state index in [0.29, 0.717) is 24.5 Å². The van der Waals surface area contributed by atoms with Gasteiger partial charge in [0.1, 0.15) is 24.1 Å². The average molecular weight is 314 g/mol. The third-order valence-electron chi connectivity index (χ3n) is 4.26. The summed E-state index contributed by atoms with van der Waals surface area (Å²) in [4.78, 5) is 1.17. The zero-order chi connectivity index (χ0) is 15.0. The van der Waals surface area contributed by atoms with Crippen LogP contribution in [0.4, 0.5) is 0 Å². The van der Waals surface area contributed by atoms with Crippen LogP contribution in [0.3, 0.4) is 0 Å². The maximum absolute atomic E-state index is 11.6. The predicted molar refractivity (Wildman–Crippen MR) is 76.5 cm³/mol. The molecular weight excluding hydrogens is 294 g/mol. The SMILES string of the molecule is CC[NH+](Cc1cc2c(cc1O)OCO2)[C@H]1CCS(=O)(=O)C1. The van der Waals surface area contributed by atoms with Crippen molar-refractivity contribution in [2.24, 2.45) is 0 Å². The molecular formula is C14H20NO5S+. The van der Waals surface area contributed by atoms with Crippen molar-refractivity contribution < 1.29 is 27.9 Å². The van der Waals surface area contributed by atoms with Crippen molar-refractivity contribution in [3.8, 4) is 17.2 Å². The van der Waals surface area contributed by atoms with Crippen molar-refractivity contribution in [1.82, 2.24) is 0 Å². The number of fused-ring (bicyclic) bond motifs is 1. The highest BCUT2D eigenvalue weighted by molar-refractivity contribution is 7.91. The Labute approximate surface area is 124 Å². The van der Waals surface area contributed by atoms with Crippen LogP contribution < -0.4 is 14.4 Å². The van der Waals surface area contributed by atoms with Gasteiger partial charge in [-0.05, 0) is 13.0 Å². The molecule has 0 saturated carbocycles. The molecule has 0 spiro atoms. The van der Waals surface area contributed by atoms with E-state index in [1.165, 1.54) is 4.90 Å². The Balaban J connectivity index is 1.78. The molecule has 0 aliphatic carbocycles. The van der Waals surface area contributed by atoms with Crippen LogP contribution in [-0.4, -0.2) is 44.4 Å². The first-order valence-corrected chi connectivity index (χ1v) is 8.97. The van der Waals surface area contributed by atoms with E-state index in [9.17, 15) is 13.5 Å². The van der Waals surface area contributed by atoms with E-state index >= 15 is 0 Å². The summed E-state index contributed by atoms with van der Waals surface area (Å²) < 4.78 is 33.8. The summed E-state index contributed by atoms with van der Waals surface area (Å²) in [5.74, 6) is 1.87. The van der Waals surface area contributed by atoms with E-state index in [0.717, 1.165) is 12.1 Å². The van der Waals surface area contributed by atoms with Crippen molar-refractivity contribution in [3.05, 3.63) is 17.7 Å². The van der Waals surface area contributed by atoms with Gasteiger partial charge in [0.2, 0.25) is 6.79 Å². The highest BCUT2D eigenvalue weighted by atomic mass is 32.2. The summed E-state index contributed by atoms with van der Waals surface area (Å²) in [5, 5.41) is 10.1. The minimum Gasteiger partial charge on any atom is -0.507 e. The quantitative estimate of drug-likeness (QED) is 0.799. The molecule has 0 bridgehead atoms. The molecule has 0 amide bonds. The van der Waals surface area contributed by atoms with Gasteiger partial charge in [0, 0.05) is 12.5 Å². The largest absolute Gasteiger partial charge is 0.507 e. The van der Waals surface area contributed by atoms with Gasteiger partial charge in [0.25, 0.3) is 0 Å². The van der Waals surface area contributed by atoms with Gasteiger partial charge in [0.15, 0.2) is 21.3 Å². The fourth-order valence-electron chi connectivity index (χ4n) is 3.03. The summed E-state index contributed by atoms with van der Waals surface area (Å²) in [6.07, 6.45) is 0.691. The summed E-state index contributed by atoms with van der Waals surface area (Å²) in [5.41, 5.74) is 0.764. The van der Waals surface area contributed by atoms with Crippen LogP contribution >= 0.6 is 0 Å². The molecule has 7 heteroatoms. The second-order valence-electron chi connectivity index (χ2n) is 5.62. The first-order valence-electron chi connectivity index (χ1n) is 7.15. The summed E-state index contributed by atoms with van der Waals surface area (Å²) in [6, 6.07) is 3.46. The predicted octanol–water partition coefficient (Wildman–Crippen LogP) is -0.287. The van der Waals surface area contributed by atoms with Gasteiger partial charge < -0.3 is 19.5 Å². The highest BCUT2D eigenvalue weighted by Crippen LogP contribution is 2.37. The van der Waals surface area contributed by atoms with Gasteiger partial charge >= 0.3 is 0 Å². The van der Waals surface area contributed by atoms with E-state index in [1.807, 2.05) is 6.92 Å². The molecule has 6 nitrogen and oxygen atoms in total. The number of hydrogen-bond donors (Lipinski definition) is 2. The Morgan fingerprint density at radius 3 is 2.67 bits per heavy atom. The zero-order valence-electron chi connectivity index (χ0n) is 12.0. The van der Waals surface area contributed by atoms with Crippen LogP contribution in [0, 0.1) is 0 Å². The lowest BCUT2D eigenvalue weighted by Gasteiger charge is -2.24. The number of nitrogens with one attached hydrogen (secondary N) is 1. The maximum atomic E-state index is 11.6. The first-order chi connectivity index (χ1) is 9.98. The molecule has 1 aromatic carbocycles. The third-order valence-corrected chi connectivity index (χ3v) is 6.02. The number of rotatable bonds is 4. The third kappa shape index (κ3) is 2.94. The Morgan fingerprint density at radius 1 is 1.33 bits per heavy atom. The summed E-state index contributed by atoms with van der Waals surface area (Å²) in [7, 11) is -2.89. The molecule has 0 radical (unpaired) electrons. The number of phenolic OH excluding ortho intramolecular Hbond substituents is 1. The molecule has 116 valence electrons. The van der Waals surface area contributed by atoms with Crippen LogP contribution in [0.25, 0.3) is 0 Å². The minimum absolute atomic E-state index is 0.102. The molecule has 3 rings (SSSR count). The second-order valence-corrected chi connectivity index (χ2v) is 7.85. The van der Waals surface area contributed by atoms with E-state index in [1.54, 1.807) is 12.1 Å². The van der Waals surface area contributed by atoms with Crippen molar-refractivity contribution in [2.75, 3.05) is 24.8 Å². The molecule has 2 heterocycles. The van der Waals surface area contributed by atoms with Gasteiger partial charge in [-0.25, -0.2) is 8.42 Å². The van der Waals surface area contributed by atoms with E-state index in [-0.39, 0.29) is 30.1 Å². The first kappa shape index (κ1) is 14.5. The fraction of sp³-hybridized carbons (Fsp3) is 0.571. The minimum atomic E-state index is -2.89. The normalized spacial score (nSPS) is 24.1. The lowest BCUT2D eigenvalue weighted by Crippen LogP contribution is -3.14. The topological polar surface area (TPSA) is 77.3 Å². The van der Waals surface area contributed by atoms with Crippen molar-refractivity contribution in [3.63, 3.8) is 0 Å². The molecule has 2 aliphatic rings. The summed E-state index contributed by atoms with van der Waals surface area (Å²) >= 11 is 0. The standard InChI is InChI=1S/C14H19NO5S/c1-2-15(11-3-4-21(17,18)8-11)7-10-5-13-14(6-12(10)16)20-9-19-13/h5-6,11,16H,2-4,7-9H2,1H3/p+1/t11-/m0/s1. The molecule has 2 atom stereocenters. The van der Waals surface area contributed by atoms with Crippen LogP contribution in [0.15, 0.2) is 12.1 Å². The van der Waals surface area contributed by atoms with Crippen molar-refractivity contribution >= 4 is 9.84 Å². The number of benzene rings is 1. The zero-order valence-corrected chi connectivity index (χ0v) is 12.8. The van der Waals surface area contributed by atoms with Crippen LogP contribution in [0.5, 0.6) is 17.2 Å². The number of quaternary nitrogens is 1. The van der Waals surface area contributed by atoms with E-state index in [4.69, 9.17) is 9.47 Å². The lowest BCUT2D eigenvalue weighted by molar-refractivity contribution is -0.934. The van der Waals surface area contributed by atoms with E-state index < -0.39 is 9.84 Å². The Bertz CT molecular complexity index is 643. The Kier molecular flexibility index (Phi) is 3.71. The van der Waals surface area contributed by atoms with Crippen LogP contribution in [-0.2, 0) is 16.4 Å². The molecule has 2 aliphatic heterocycles. The van der Waals surface area contributed by atoms with Crippen LogP contribution in [0.2, 0.25) is 0 Å². The van der Waals surface area contributed by atoms with Crippen LogP contribution in [0.1, 0.15) is 18.9 Å². The molecule has 0 aromatic heterocycles. The number of hydrogen-bond acceptors (Lipinski definition) is 5. The summed E-state index contributed by atoms with van der Waals surface area (Å²) in [6.45, 7) is 3.60. The van der Waals surface area contributed by atoms with Gasteiger partial charge in [-0.1, -0.05) is 0 Å². The number of sulfone groups is 1. The fourth-order valence-corrected chi connectivity index (χ4v) is 4.86. The second kappa shape index (κ2) is 5.38. The van der Waals surface area contributed by atoms with Gasteiger partial charge in [-0.15, -0.1) is 0 Å². The molecule has 1 aromatic rings. The number of aromatic hydroxyl groups is 1. The van der Waals surface area contributed by atoms with Crippen molar-refractivity contribution in [2.45, 2.75) is 25.9 Å². The highest BCUT2D eigenvalue weighted by Gasteiger charge is 2.35. The molecule has 1 saturated heterocycles. The van der Waals surface area contributed by atoms with Crippen molar-refractivity contribution in [1.29, 1.82) is 0 Å². The maximum Gasteiger partial charge on any atom is 0.231 e. The van der Waals surface area contributed by atoms with Gasteiger partial charge in [-0.2, -0.15) is 0 Å². The molecule has 2 N–H and O–H groups in total. The van der Waals surface area contributed by atoms with E-state index in [2.05, 4.69) is 0 Å². The van der Waals surface area contributed by atoms with Gasteiger partial charge in [-0.3, -0.25) is 0 Å². The number of phenols is 1. The smallest absolute Gasteiger partial charge is 0.231 e. The number of ether oxygens (including phenoxy) is 2. The monoisotopic (exact) mass is 314 g/mol. The van der Waals surface area contributed by atoms with Gasteiger partial charge in [0.05, 0.1) is 17.9 Å². The molecule has 21 heavy (non-hydrogen) atoms. The molecule has 1 unspecified atom stereocenters. The average Bonchev–Trinajstić information content (AvgIpc) is 3.01. The molecule has 1 fully saturated rings. The Hall–Kier alpha value is -1.47. The lowest BCUT2D eigenvalue weighted by atomic mass is 10.1.